The molecule has 1 aliphatic heterocycles. The molecule has 8 heteroatoms. The number of nitrogens with zero attached hydrogens (tertiary/aromatic N) is 3. The first kappa shape index (κ1) is 15.0. The van der Waals surface area contributed by atoms with Crippen molar-refractivity contribution in [2.45, 2.75) is 19.1 Å². The van der Waals surface area contributed by atoms with Gasteiger partial charge in [0.15, 0.2) is 0 Å². The smallest absolute Gasteiger partial charge is 0.336 e. The minimum Gasteiger partial charge on any atom is -0.336 e. The van der Waals surface area contributed by atoms with E-state index in [4.69, 9.17) is 0 Å². The molecule has 2 heterocycles. The number of nitrogens with one attached hydrogen (secondary N) is 1. The van der Waals surface area contributed by atoms with Gasteiger partial charge in [0.25, 0.3) is 0 Å². The zero-order valence-electron chi connectivity index (χ0n) is 9.74. The largest absolute Gasteiger partial charge is 0.419 e. The molecule has 0 aliphatic carbocycles. The van der Waals surface area contributed by atoms with Crippen LogP contribution in [-0.4, -0.2) is 35.6 Å². The molecule has 1 fully saturated rings. The van der Waals surface area contributed by atoms with Crippen molar-refractivity contribution in [2.24, 2.45) is 0 Å². The number of anilines is 1. The maximum absolute atomic E-state index is 12.3. The zero-order valence-corrected chi connectivity index (χ0v) is 10.6. The summed E-state index contributed by atoms with van der Waals surface area (Å²) < 4.78 is 37.0. The summed E-state index contributed by atoms with van der Waals surface area (Å²) in [7, 11) is 0. The molecule has 1 aromatic heterocycles. The Morgan fingerprint density at radius 2 is 1.94 bits per heavy atom. The van der Waals surface area contributed by atoms with Crippen LogP contribution in [0.1, 0.15) is 12.5 Å². The van der Waals surface area contributed by atoms with E-state index in [0.717, 1.165) is 25.5 Å². The van der Waals surface area contributed by atoms with E-state index in [1.165, 1.54) is 0 Å². The van der Waals surface area contributed by atoms with Gasteiger partial charge in [-0.25, -0.2) is 9.97 Å². The van der Waals surface area contributed by atoms with Crippen molar-refractivity contribution in [1.29, 1.82) is 0 Å². The van der Waals surface area contributed by atoms with Crippen LogP contribution in [0.25, 0.3) is 0 Å². The highest BCUT2D eigenvalue weighted by atomic mass is 35.5. The summed E-state index contributed by atoms with van der Waals surface area (Å²) in [5.74, 6) is 0.354. The van der Waals surface area contributed by atoms with E-state index >= 15 is 0 Å². The van der Waals surface area contributed by atoms with Gasteiger partial charge in [0.2, 0.25) is 5.95 Å². The Bertz CT molecular complexity index is 382. The molecule has 102 valence electrons. The van der Waals surface area contributed by atoms with Crippen LogP contribution in [0.2, 0.25) is 0 Å². The summed E-state index contributed by atoms with van der Waals surface area (Å²) in [6.07, 6.45) is -2.72. The van der Waals surface area contributed by atoms with Gasteiger partial charge in [-0.15, -0.1) is 12.4 Å². The van der Waals surface area contributed by atoms with Crippen LogP contribution in [0, 0.1) is 0 Å². The van der Waals surface area contributed by atoms with Gasteiger partial charge < -0.3 is 10.2 Å². The maximum Gasteiger partial charge on any atom is 0.419 e. The number of halogens is 4. The Hall–Kier alpha value is -1.08. The molecule has 4 nitrogen and oxygen atoms in total. The van der Waals surface area contributed by atoms with Gasteiger partial charge in [-0.05, 0) is 6.92 Å². The lowest BCUT2D eigenvalue weighted by atomic mass is 10.2. The number of hydrogen-bond donors (Lipinski definition) is 1. The first-order valence-electron chi connectivity index (χ1n) is 5.35. The molecule has 1 saturated heterocycles. The molecule has 0 spiro atoms. The first-order chi connectivity index (χ1) is 7.98. The van der Waals surface area contributed by atoms with Crippen LogP contribution in [0.5, 0.6) is 0 Å². The van der Waals surface area contributed by atoms with E-state index in [1.807, 2.05) is 11.8 Å². The first-order valence-corrected chi connectivity index (χ1v) is 5.35. The van der Waals surface area contributed by atoms with Gasteiger partial charge in [-0.3, -0.25) is 0 Å². The Balaban J connectivity index is 0.00000162. The second-order valence-corrected chi connectivity index (χ2v) is 4.02. The van der Waals surface area contributed by atoms with Gasteiger partial charge in [-0.2, -0.15) is 13.2 Å². The number of rotatable bonds is 1. The molecule has 0 radical (unpaired) electrons. The molecule has 1 aliphatic rings. The van der Waals surface area contributed by atoms with E-state index in [2.05, 4.69) is 15.3 Å². The van der Waals surface area contributed by atoms with Gasteiger partial charge in [0.05, 0.1) is 5.56 Å². The Morgan fingerprint density at radius 1 is 1.33 bits per heavy atom. The van der Waals surface area contributed by atoms with Crippen molar-refractivity contribution in [2.75, 3.05) is 24.5 Å². The molecule has 0 bridgehead atoms. The van der Waals surface area contributed by atoms with Crippen LogP contribution in [0.4, 0.5) is 19.1 Å². The quantitative estimate of drug-likeness (QED) is 0.851. The van der Waals surface area contributed by atoms with Gasteiger partial charge in [0.1, 0.15) is 0 Å². The number of aromatic nitrogens is 2. The van der Waals surface area contributed by atoms with Crippen LogP contribution >= 0.6 is 12.4 Å². The third-order valence-corrected chi connectivity index (χ3v) is 2.72. The Labute approximate surface area is 109 Å². The predicted molar refractivity (Wildman–Crippen MR) is 64.0 cm³/mol. The van der Waals surface area contributed by atoms with E-state index < -0.39 is 11.7 Å². The van der Waals surface area contributed by atoms with Crippen molar-refractivity contribution < 1.29 is 13.2 Å². The lowest BCUT2D eigenvalue weighted by Crippen LogP contribution is -2.50. The Morgan fingerprint density at radius 3 is 2.44 bits per heavy atom. The van der Waals surface area contributed by atoms with Crippen LogP contribution in [-0.2, 0) is 6.18 Å². The number of hydrogen-bond acceptors (Lipinski definition) is 4. The number of piperazine rings is 1. The fourth-order valence-electron chi connectivity index (χ4n) is 1.75. The average Bonchev–Trinajstić information content (AvgIpc) is 2.29. The van der Waals surface area contributed by atoms with Crippen molar-refractivity contribution in [3.05, 3.63) is 18.0 Å². The molecule has 18 heavy (non-hydrogen) atoms. The predicted octanol–water partition coefficient (Wildman–Crippen LogP) is 1.72. The molecule has 1 aromatic rings. The highest BCUT2D eigenvalue weighted by Crippen LogP contribution is 2.28. The summed E-state index contributed by atoms with van der Waals surface area (Å²) in [6.45, 7) is 4.25. The monoisotopic (exact) mass is 282 g/mol. The van der Waals surface area contributed by atoms with E-state index in [0.29, 0.717) is 12.5 Å². The summed E-state index contributed by atoms with van der Waals surface area (Å²) in [4.78, 5) is 9.47. The fourth-order valence-corrected chi connectivity index (χ4v) is 1.75. The fraction of sp³-hybridized carbons (Fsp3) is 0.600. The van der Waals surface area contributed by atoms with Crippen LogP contribution < -0.4 is 10.2 Å². The van der Waals surface area contributed by atoms with Crippen LogP contribution in [0.15, 0.2) is 12.4 Å². The minimum absolute atomic E-state index is 0. The second kappa shape index (κ2) is 5.71. The molecular formula is C10H14ClF3N4. The molecule has 1 atom stereocenters. The normalized spacial score (nSPS) is 20.4. The standard InChI is InChI=1S/C10H13F3N4.ClH/c1-7-4-14-2-3-17(7)9-15-5-8(6-16-9)10(11,12)13;/h5-7,14H,2-4H2,1H3;1H. The highest BCUT2D eigenvalue weighted by Gasteiger charge is 2.32. The van der Waals surface area contributed by atoms with E-state index in [-0.39, 0.29) is 18.4 Å². The minimum atomic E-state index is -4.38. The molecule has 1 unspecified atom stereocenters. The molecule has 2 rings (SSSR count). The third-order valence-electron chi connectivity index (χ3n) is 2.72. The van der Waals surface area contributed by atoms with Gasteiger partial charge >= 0.3 is 6.18 Å². The summed E-state index contributed by atoms with van der Waals surface area (Å²) in [6, 6.07) is 0.181. The second-order valence-electron chi connectivity index (χ2n) is 4.02. The van der Waals surface area contributed by atoms with E-state index in [9.17, 15) is 13.2 Å². The molecule has 0 aromatic carbocycles. The SMILES string of the molecule is CC1CNCCN1c1ncc(C(F)(F)F)cn1.Cl. The number of alkyl halides is 3. The lowest BCUT2D eigenvalue weighted by Gasteiger charge is -2.33. The molecule has 1 N–H and O–H groups in total. The van der Waals surface area contributed by atoms with Crippen molar-refractivity contribution in [1.82, 2.24) is 15.3 Å². The van der Waals surface area contributed by atoms with Crippen molar-refractivity contribution in [3.8, 4) is 0 Å². The average molecular weight is 283 g/mol. The van der Waals surface area contributed by atoms with Crippen molar-refractivity contribution in [3.63, 3.8) is 0 Å². The lowest BCUT2D eigenvalue weighted by molar-refractivity contribution is -0.138. The molecule has 0 amide bonds. The van der Waals surface area contributed by atoms with E-state index in [1.54, 1.807) is 0 Å². The summed E-state index contributed by atoms with van der Waals surface area (Å²) >= 11 is 0. The maximum atomic E-state index is 12.3. The Kier molecular flexibility index (Phi) is 4.75. The van der Waals surface area contributed by atoms with Crippen molar-refractivity contribution >= 4 is 18.4 Å². The molecular weight excluding hydrogens is 269 g/mol. The highest BCUT2D eigenvalue weighted by molar-refractivity contribution is 5.85. The zero-order chi connectivity index (χ0) is 12.5. The summed E-state index contributed by atoms with van der Waals surface area (Å²) in [5, 5.41) is 3.19. The van der Waals surface area contributed by atoms with Crippen LogP contribution in [0.3, 0.4) is 0 Å². The topological polar surface area (TPSA) is 41.0 Å². The third kappa shape index (κ3) is 3.23. The van der Waals surface area contributed by atoms with Gasteiger partial charge in [-0.1, -0.05) is 0 Å². The molecule has 0 saturated carbocycles. The van der Waals surface area contributed by atoms with Gasteiger partial charge in [0, 0.05) is 38.1 Å². The summed E-state index contributed by atoms with van der Waals surface area (Å²) in [5.41, 5.74) is -0.816.